The molecule has 3 nitrogen and oxygen atoms in total. The molecule has 1 aromatic rings. The van der Waals surface area contributed by atoms with Gasteiger partial charge < -0.3 is 10.6 Å². The third-order valence-electron chi connectivity index (χ3n) is 3.71. The van der Waals surface area contributed by atoms with E-state index in [2.05, 4.69) is 6.92 Å². The molecule has 0 atom stereocenters. The van der Waals surface area contributed by atoms with Crippen molar-refractivity contribution in [3.8, 4) is 0 Å². The zero-order chi connectivity index (χ0) is 12.6. The summed E-state index contributed by atoms with van der Waals surface area (Å²) in [5.74, 6) is 0.212. The highest BCUT2D eigenvalue weighted by atomic mass is 16.2. The van der Waals surface area contributed by atoms with E-state index in [0.717, 1.165) is 30.8 Å². The Morgan fingerprint density at radius 2 is 2.18 bits per heavy atom. The minimum atomic E-state index is -0.289. The molecule has 0 saturated heterocycles. The maximum Gasteiger partial charge on any atom is 0.232 e. The van der Waals surface area contributed by atoms with Crippen LogP contribution in [-0.2, 0) is 11.2 Å². The van der Waals surface area contributed by atoms with Crippen LogP contribution in [-0.4, -0.2) is 12.5 Å². The highest BCUT2D eigenvalue weighted by Gasteiger charge is 2.34. The number of nitrogen functional groups attached to an aromatic ring is 1. The first-order chi connectivity index (χ1) is 7.95. The number of benzene rings is 1. The Kier molecular flexibility index (Phi) is 2.86. The minimum Gasteiger partial charge on any atom is -0.399 e. The molecule has 0 unspecified atom stereocenters. The predicted octanol–water partition coefficient (Wildman–Crippen LogP) is 2.59. The van der Waals surface area contributed by atoms with Crippen LogP contribution in [0.1, 0.15) is 32.8 Å². The number of carbonyl (C=O) groups excluding carboxylic acids is 1. The smallest absolute Gasteiger partial charge is 0.232 e. The fourth-order valence-electron chi connectivity index (χ4n) is 2.15. The highest BCUT2D eigenvalue weighted by Crippen LogP contribution is 2.34. The van der Waals surface area contributed by atoms with Crippen molar-refractivity contribution >= 4 is 17.3 Å². The molecule has 0 aliphatic carbocycles. The second-order valence-corrected chi connectivity index (χ2v) is 5.33. The van der Waals surface area contributed by atoms with Gasteiger partial charge in [0.05, 0.1) is 0 Å². The summed E-state index contributed by atoms with van der Waals surface area (Å²) in [6.07, 6.45) is 1.76. The number of hydrogen-bond donors (Lipinski definition) is 1. The van der Waals surface area contributed by atoms with Gasteiger partial charge in [0.2, 0.25) is 5.91 Å². The van der Waals surface area contributed by atoms with Crippen LogP contribution in [0.3, 0.4) is 0 Å². The monoisotopic (exact) mass is 232 g/mol. The molecule has 1 amide bonds. The van der Waals surface area contributed by atoms with Crippen molar-refractivity contribution in [2.24, 2.45) is 5.41 Å². The molecule has 0 spiro atoms. The topological polar surface area (TPSA) is 46.3 Å². The number of fused-ring (bicyclic) bond motifs is 1. The number of rotatable bonds is 2. The Labute approximate surface area is 103 Å². The summed E-state index contributed by atoms with van der Waals surface area (Å²) in [4.78, 5) is 14.3. The van der Waals surface area contributed by atoms with Crippen molar-refractivity contribution in [3.63, 3.8) is 0 Å². The summed E-state index contributed by atoms with van der Waals surface area (Å²) >= 11 is 0. The van der Waals surface area contributed by atoms with Gasteiger partial charge in [-0.2, -0.15) is 0 Å². The zero-order valence-corrected chi connectivity index (χ0v) is 10.8. The first-order valence-corrected chi connectivity index (χ1v) is 6.16. The van der Waals surface area contributed by atoms with Crippen LogP contribution in [0.25, 0.3) is 0 Å². The molecular formula is C14H20N2O. The van der Waals surface area contributed by atoms with Crippen molar-refractivity contribution < 1.29 is 4.79 Å². The van der Waals surface area contributed by atoms with Gasteiger partial charge in [-0.1, -0.05) is 20.8 Å². The van der Waals surface area contributed by atoms with Gasteiger partial charge in [0.25, 0.3) is 0 Å². The van der Waals surface area contributed by atoms with E-state index in [1.165, 1.54) is 5.56 Å². The second kappa shape index (κ2) is 4.06. The van der Waals surface area contributed by atoms with E-state index in [4.69, 9.17) is 5.73 Å². The van der Waals surface area contributed by atoms with Gasteiger partial charge in [0.1, 0.15) is 0 Å². The van der Waals surface area contributed by atoms with Crippen molar-refractivity contribution in [1.82, 2.24) is 0 Å². The Balaban J connectivity index is 2.31. The summed E-state index contributed by atoms with van der Waals surface area (Å²) < 4.78 is 0. The fraction of sp³-hybridized carbons (Fsp3) is 0.500. The standard InChI is InChI=1S/C14H20N2O/c1-4-14(2,3)13(17)16-8-7-10-9-11(15)5-6-12(10)16/h5-6,9H,4,7-8,15H2,1-3H3. The van der Waals surface area contributed by atoms with Gasteiger partial charge in [-0.05, 0) is 36.6 Å². The first kappa shape index (κ1) is 12.0. The van der Waals surface area contributed by atoms with Crippen LogP contribution < -0.4 is 10.6 Å². The normalized spacial score (nSPS) is 14.9. The van der Waals surface area contributed by atoms with E-state index in [1.54, 1.807) is 0 Å². The number of anilines is 2. The van der Waals surface area contributed by atoms with E-state index >= 15 is 0 Å². The summed E-state index contributed by atoms with van der Waals surface area (Å²) in [7, 11) is 0. The lowest BCUT2D eigenvalue weighted by Gasteiger charge is -2.28. The van der Waals surface area contributed by atoms with Gasteiger partial charge in [-0.15, -0.1) is 0 Å². The predicted molar refractivity (Wildman–Crippen MR) is 71.0 cm³/mol. The van der Waals surface area contributed by atoms with Gasteiger partial charge in [-0.3, -0.25) is 4.79 Å². The van der Waals surface area contributed by atoms with Crippen molar-refractivity contribution in [3.05, 3.63) is 23.8 Å². The van der Waals surface area contributed by atoms with Gasteiger partial charge in [0, 0.05) is 23.3 Å². The van der Waals surface area contributed by atoms with E-state index in [1.807, 2.05) is 36.9 Å². The summed E-state index contributed by atoms with van der Waals surface area (Å²) in [5, 5.41) is 0. The molecule has 2 rings (SSSR count). The highest BCUT2D eigenvalue weighted by molar-refractivity contribution is 5.99. The SMILES string of the molecule is CCC(C)(C)C(=O)N1CCc2cc(N)ccc21. The Hall–Kier alpha value is -1.51. The van der Waals surface area contributed by atoms with E-state index in [-0.39, 0.29) is 11.3 Å². The molecule has 1 heterocycles. The average Bonchev–Trinajstić information content (AvgIpc) is 2.70. The molecule has 1 aromatic carbocycles. The zero-order valence-electron chi connectivity index (χ0n) is 10.8. The molecule has 3 heteroatoms. The van der Waals surface area contributed by atoms with Crippen LogP contribution in [0.2, 0.25) is 0 Å². The Bertz CT molecular complexity index is 452. The van der Waals surface area contributed by atoms with Gasteiger partial charge in [-0.25, -0.2) is 0 Å². The van der Waals surface area contributed by atoms with E-state index < -0.39 is 0 Å². The molecule has 17 heavy (non-hydrogen) atoms. The Morgan fingerprint density at radius 1 is 1.47 bits per heavy atom. The molecule has 1 aliphatic rings. The Morgan fingerprint density at radius 3 is 2.82 bits per heavy atom. The maximum absolute atomic E-state index is 12.4. The van der Waals surface area contributed by atoms with E-state index in [9.17, 15) is 4.79 Å². The van der Waals surface area contributed by atoms with Crippen molar-refractivity contribution in [2.45, 2.75) is 33.6 Å². The summed E-state index contributed by atoms with van der Waals surface area (Å²) in [6, 6.07) is 5.80. The molecule has 0 bridgehead atoms. The summed E-state index contributed by atoms with van der Waals surface area (Å²) in [6.45, 7) is 6.84. The van der Waals surface area contributed by atoms with Gasteiger partial charge in [0.15, 0.2) is 0 Å². The number of carbonyl (C=O) groups is 1. The van der Waals surface area contributed by atoms with Gasteiger partial charge >= 0.3 is 0 Å². The molecular weight excluding hydrogens is 212 g/mol. The van der Waals surface area contributed by atoms with Crippen LogP contribution in [0.4, 0.5) is 11.4 Å². The quantitative estimate of drug-likeness (QED) is 0.797. The lowest BCUT2D eigenvalue weighted by atomic mass is 9.88. The minimum absolute atomic E-state index is 0.212. The molecule has 0 aromatic heterocycles. The van der Waals surface area contributed by atoms with Crippen molar-refractivity contribution in [1.29, 1.82) is 0 Å². The molecule has 0 radical (unpaired) electrons. The molecule has 0 saturated carbocycles. The maximum atomic E-state index is 12.4. The third kappa shape index (κ3) is 2.02. The van der Waals surface area contributed by atoms with Crippen LogP contribution >= 0.6 is 0 Å². The third-order valence-corrected chi connectivity index (χ3v) is 3.71. The lowest BCUT2D eigenvalue weighted by molar-refractivity contribution is -0.126. The van der Waals surface area contributed by atoms with E-state index in [0.29, 0.717) is 0 Å². The fourth-order valence-corrected chi connectivity index (χ4v) is 2.15. The molecule has 2 N–H and O–H groups in total. The van der Waals surface area contributed by atoms with Crippen molar-refractivity contribution in [2.75, 3.05) is 17.2 Å². The summed E-state index contributed by atoms with van der Waals surface area (Å²) in [5.41, 5.74) is 8.46. The molecule has 0 fully saturated rings. The average molecular weight is 232 g/mol. The van der Waals surface area contributed by atoms with Crippen LogP contribution in [0.5, 0.6) is 0 Å². The largest absolute Gasteiger partial charge is 0.399 e. The number of amides is 1. The van der Waals surface area contributed by atoms with Crippen LogP contribution in [0.15, 0.2) is 18.2 Å². The van der Waals surface area contributed by atoms with Crippen LogP contribution in [0, 0.1) is 5.41 Å². The number of nitrogens with two attached hydrogens (primary N) is 1. The first-order valence-electron chi connectivity index (χ1n) is 6.16. The molecule has 1 aliphatic heterocycles. The number of nitrogens with zero attached hydrogens (tertiary/aromatic N) is 1. The number of hydrogen-bond acceptors (Lipinski definition) is 2. The molecule has 92 valence electrons. The second-order valence-electron chi connectivity index (χ2n) is 5.33. The lowest BCUT2D eigenvalue weighted by Crippen LogP contribution is -2.39.